The molecule has 5 heteroatoms. The fourth-order valence-electron chi connectivity index (χ4n) is 1.28. The fraction of sp³-hybridized carbons (Fsp3) is 0.583. The van der Waals surface area contributed by atoms with Crippen molar-refractivity contribution in [3.8, 4) is 0 Å². The number of hydrogen-bond acceptors (Lipinski definition) is 4. The van der Waals surface area contributed by atoms with Crippen LogP contribution in [-0.2, 0) is 9.47 Å². The van der Waals surface area contributed by atoms with Crippen LogP contribution in [0.15, 0.2) is 16.5 Å². The van der Waals surface area contributed by atoms with E-state index in [2.05, 4.69) is 0 Å². The Hall–Kier alpha value is -1.33. The molecule has 0 saturated carbocycles. The average Bonchev–Trinajstić information content (AvgIpc) is 2.73. The number of hydrogen-bond donors (Lipinski definition) is 1. The molecule has 17 heavy (non-hydrogen) atoms. The summed E-state index contributed by atoms with van der Waals surface area (Å²) in [6.07, 6.45) is -0.102. The Labute approximate surface area is 100 Å². The van der Waals surface area contributed by atoms with E-state index in [4.69, 9.17) is 19.0 Å². The van der Waals surface area contributed by atoms with Gasteiger partial charge in [-0.25, -0.2) is 4.79 Å². The molecule has 5 nitrogen and oxygen atoms in total. The smallest absolute Gasteiger partial charge is 0.371 e. The van der Waals surface area contributed by atoms with Crippen molar-refractivity contribution in [2.45, 2.75) is 33.0 Å². The third-order valence-corrected chi connectivity index (χ3v) is 2.14. The molecule has 0 amide bonds. The molecule has 0 saturated heterocycles. The molecular weight excluding hydrogens is 224 g/mol. The third-order valence-electron chi connectivity index (χ3n) is 2.14. The first-order valence-corrected chi connectivity index (χ1v) is 5.57. The summed E-state index contributed by atoms with van der Waals surface area (Å²) in [7, 11) is 0. The lowest BCUT2D eigenvalue weighted by Gasteiger charge is -2.12. The van der Waals surface area contributed by atoms with E-state index in [0.717, 1.165) is 0 Å². The normalized spacial score (nSPS) is 12.9. The Morgan fingerprint density at radius 3 is 2.47 bits per heavy atom. The lowest BCUT2D eigenvalue weighted by molar-refractivity contribution is -0.0140. The van der Waals surface area contributed by atoms with Crippen molar-refractivity contribution >= 4 is 5.97 Å². The number of carbonyl (C=O) groups is 1. The molecular formula is C12H18O5. The second-order valence-corrected chi connectivity index (χ2v) is 3.94. The van der Waals surface area contributed by atoms with Gasteiger partial charge < -0.3 is 19.0 Å². The van der Waals surface area contributed by atoms with Gasteiger partial charge in [0, 0.05) is 0 Å². The summed E-state index contributed by atoms with van der Waals surface area (Å²) < 4.78 is 15.9. The van der Waals surface area contributed by atoms with Crippen LogP contribution in [0.4, 0.5) is 0 Å². The first-order valence-electron chi connectivity index (χ1n) is 5.57. The third kappa shape index (κ3) is 4.58. The van der Waals surface area contributed by atoms with Gasteiger partial charge in [-0.3, -0.25) is 0 Å². The van der Waals surface area contributed by atoms with Gasteiger partial charge in [0.2, 0.25) is 5.76 Å². The van der Waals surface area contributed by atoms with Crippen LogP contribution in [0.1, 0.15) is 43.2 Å². The molecule has 1 heterocycles. The molecule has 0 aliphatic carbocycles. The molecule has 0 radical (unpaired) electrons. The molecule has 0 spiro atoms. The molecule has 96 valence electrons. The maximum atomic E-state index is 10.6. The molecule has 0 fully saturated rings. The zero-order valence-electron chi connectivity index (χ0n) is 10.3. The zero-order chi connectivity index (χ0) is 12.8. The molecule has 1 N–H and O–H groups in total. The van der Waals surface area contributed by atoms with Crippen molar-refractivity contribution in [2.75, 3.05) is 13.2 Å². The van der Waals surface area contributed by atoms with Crippen LogP contribution in [0.3, 0.4) is 0 Å². The van der Waals surface area contributed by atoms with E-state index in [1.807, 2.05) is 13.8 Å². The number of carboxylic acids is 1. The SMILES string of the molecule is CC(C)OCCOC(C)c1ccc(C(=O)O)o1. The van der Waals surface area contributed by atoms with E-state index in [0.29, 0.717) is 19.0 Å². The van der Waals surface area contributed by atoms with E-state index in [1.165, 1.54) is 6.07 Å². The summed E-state index contributed by atoms with van der Waals surface area (Å²) in [5.74, 6) is -0.646. The maximum Gasteiger partial charge on any atom is 0.371 e. The van der Waals surface area contributed by atoms with Gasteiger partial charge in [-0.15, -0.1) is 0 Å². The number of carboxylic acid groups (broad SMARTS) is 1. The summed E-state index contributed by atoms with van der Waals surface area (Å²) in [6, 6.07) is 3.03. The predicted octanol–water partition coefficient (Wildman–Crippen LogP) is 2.48. The van der Waals surface area contributed by atoms with Gasteiger partial charge in [-0.2, -0.15) is 0 Å². The Bertz CT molecular complexity index is 356. The fourth-order valence-corrected chi connectivity index (χ4v) is 1.28. The quantitative estimate of drug-likeness (QED) is 0.744. The number of furan rings is 1. The minimum absolute atomic E-state index is 0.0751. The highest BCUT2D eigenvalue weighted by molar-refractivity contribution is 5.84. The first kappa shape index (κ1) is 13.7. The molecule has 0 bridgehead atoms. The van der Waals surface area contributed by atoms with Gasteiger partial charge in [0.25, 0.3) is 0 Å². The summed E-state index contributed by atoms with van der Waals surface area (Å²) in [6.45, 7) is 6.67. The van der Waals surface area contributed by atoms with E-state index in [9.17, 15) is 4.79 Å². The number of aromatic carboxylic acids is 1. The van der Waals surface area contributed by atoms with Crippen LogP contribution in [0.25, 0.3) is 0 Å². The predicted molar refractivity (Wildman–Crippen MR) is 61.1 cm³/mol. The van der Waals surface area contributed by atoms with Crippen LogP contribution in [-0.4, -0.2) is 30.4 Å². The highest BCUT2D eigenvalue weighted by Crippen LogP contribution is 2.19. The van der Waals surface area contributed by atoms with Crippen LogP contribution in [0, 0.1) is 0 Å². The number of rotatable bonds is 7. The van der Waals surface area contributed by atoms with E-state index < -0.39 is 5.97 Å². The van der Waals surface area contributed by atoms with Gasteiger partial charge >= 0.3 is 5.97 Å². The van der Waals surface area contributed by atoms with Crippen molar-refractivity contribution in [3.05, 3.63) is 23.7 Å². The van der Waals surface area contributed by atoms with Crippen molar-refractivity contribution < 1.29 is 23.8 Å². The van der Waals surface area contributed by atoms with E-state index in [1.54, 1.807) is 13.0 Å². The maximum absolute atomic E-state index is 10.6. The van der Waals surface area contributed by atoms with Crippen LogP contribution in [0.5, 0.6) is 0 Å². The monoisotopic (exact) mass is 242 g/mol. The van der Waals surface area contributed by atoms with Crippen molar-refractivity contribution in [2.24, 2.45) is 0 Å². The Balaban J connectivity index is 2.36. The summed E-state index contributed by atoms with van der Waals surface area (Å²) >= 11 is 0. The zero-order valence-corrected chi connectivity index (χ0v) is 10.3. The van der Waals surface area contributed by atoms with Crippen molar-refractivity contribution in [1.29, 1.82) is 0 Å². The minimum Gasteiger partial charge on any atom is -0.475 e. The lowest BCUT2D eigenvalue weighted by Crippen LogP contribution is -2.11. The Morgan fingerprint density at radius 2 is 1.94 bits per heavy atom. The highest BCUT2D eigenvalue weighted by atomic mass is 16.5. The number of ether oxygens (including phenoxy) is 2. The van der Waals surface area contributed by atoms with Gasteiger partial charge in [-0.05, 0) is 32.9 Å². The average molecular weight is 242 g/mol. The summed E-state index contributed by atoms with van der Waals surface area (Å²) in [5.41, 5.74) is 0. The topological polar surface area (TPSA) is 68.9 Å². The molecule has 1 rings (SSSR count). The second-order valence-electron chi connectivity index (χ2n) is 3.94. The minimum atomic E-state index is -1.08. The van der Waals surface area contributed by atoms with Crippen molar-refractivity contribution in [1.82, 2.24) is 0 Å². The Kier molecular flexibility index (Phi) is 5.18. The van der Waals surface area contributed by atoms with Crippen LogP contribution in [0.2, 0.25) is 0 Å². The molecule has 1 unspecified atom stereocenters. The van der Waals surface area contributed by atoms with Gasteiger partial charge in [0.1, 0.15) is 11.9 Å². The van der Waals surface area contributed by atoms with Gasteiger partial charge in [0.05, 0.1) is 19.3 Å². The lowest BCUT2D eigenvalue weighted by atomic mass is 10.3. The second kappa shape index (κ2) is 6.42. The van der Waals surface area contributed by atoms with Gasteiger partial charge in [0.15, 0.2) is 0 Å². The largest absolute Gasteiger partial charge is 0.475 e. The van der Waals surface area contributed by atoms with Crippen LogP contribution >= 0.6 is 0 Å². The molecule has 0 aliphatic rings. The van der Waals surface area contributed by atoms with E-state index in [-0.39, 0.29) is 18.0 Å². The van der Waals surface area contributed by atoms with Crippen LogP contribution < -0.4 is 0 Å². The van der Waals surface area contributed by atoms with E-state index >= 15 is 0 Å². The molecule has 1 aromatic rings. The summed E-state index contributed by atoms with van der Waals surface area (Å²) in [5, 5.41) is 8.70. The molecule has 1 atom stereocenters. The highest BCUT2D eigenvalue weighted by Gasteiger charge is 2.14. The first-order chi connectivity index (χ1) is 8.00. The summed E-state index contributed by atoms with van der Waals surface area (Å²) in [4.78, 5) is 10.6. The molecule has 0 aliphatic heterocycles. The Morgan fingerprint density at radius 1 is 1.29 bits per heavy atom. The molecule has 0 aromatic carbocycles. The van der Waals surface area contributed by atoms with Gasteiger partial charge in [-0.1, -0.05) is 0 Å². The van der Waals surface area contributed by atoms with Crippen molar-refractivity contribution in [3.63, 3.8) is 0 Å². The molecule has 1 aromatic heterocycles. The standard InChI is InChI=1S/C12H18O5/c1-8(2)15-6-7-16-9(3)10-4-5-11(17-10)12(13)14/h4-5,8-9H,6-7H2,1-3H3,(H,13,14).